The monoisotopic (exact) mass is 597 g/mol. The Labute approximate surface area is 272 Å². The molecule has 2 nitrogen and oxygen atoms in total. The lowest BCUT2D eigenvalue weighted by Gasteiger charge is -2.20. The van der Waals surface area contributed by atoms with Crippen LogP contribution in [0.15, 0.2) is 47.5 Å². The van der Waals surface area contributed by atoms with E-state index in [0.29, 0.717) is 0 Å². The molecular formula is C42H64N2. The highest BCUT2D eigenvalue weighted by atomic mass is 14.8. The van der Waals surface area contributed by atoms with E-state index < -0.39 is 0 Å². The maximum atomic E-state index is 9.73. The largest absolute Gasteiger partial charge is 0.348 e. The van der Waals surface area contributed by atoms with Crippen LogP contribution in [-0.2, 0) is 25.7 Å². The summed E-state index contributed by atoms with van der Waals surface area (Å²) in [6.07, 6.45) is 23.5. The summed E-state index contributed by atoms with van der Waals surface area (Å²) in [4.78, 5) is 3.47. The average molecular weight is 597 g/mol. The van der Waals surface area contributed by atoms with E-state index in [2.05, 4.69) is 88.6 Å². The first-order chi connectivity index (χ1) is 21.5. The first-order valence-electron chi connectivity index (χ1n) is 18.5. The highest BCUT2D eigenvalue weighted by molar-refractivity contribution is 5.87. The van der Waals surface area contributed by atoms with Gasteiger partial charge in [0.05, 0.1) is 5.57 Å². The quantitative estimate of drug-likeness (QED) is 0.0402. The Kier molecular flexibility index (Phi) is 19.4. The highest BCUT2D eigenvalue weighted by Crippen LogP contribution is 2.36. The third kappa shape index (κ3) is 13.1. The number of aryl methyl sites for hydroxylation is 4. The van der Waals surface area contributed by atoms with Crippen molar-refractivity contribution in [1.82, 2.24) is 0 Å². The van der Waals surface area contributed by atoms with Crippen LogP contribution in [0.25, 0.3) is 11.1 Å². The fraction of sp³-hybridized carbons (Fsp3) is 0.619. The van der Waals surface area contributed by atoms with Crippen LogP contribution in [0.2, 0.25) is 0 Å². The predicted octanol–water partition coefficient (Wildman–Crippen LogP) is 12.8. The van der Waals surface area contributed by atoms with Gasteiger partial charge in [0.2, 0.25) is 0 Å². The number of unbranched alkanes of at least 4 members (excludes halogenated alkanes) is 9. The summed E-state index contributed by atoms with van der Waals surface area (Å²) < 4.78 is 0. The van der Waals surface area contributed by atoms with Crippen molar-refractivity contribution in [2.24, 2.45) is 0 Å². The van der Waals surface area contributed by atoms with Crippen molar-refractivity contribution in [1.29, 1.82) is 0 Å². The molecule has 0 fully saturated rings. The Morgan fingerprint density at radius 3 is 1.30 bits per heavy atom. The normalized spacial score (nSPS) is 11.7. The van der Waals surface area contributed by atoms with Gasteiger partial charge in [-0.25, -0.2) is 0 Å². The topological polar surface area (TPSA) is 36.4 Å². The minimum atomic E-state index is 0.881. The molecule has 44 heavy (non-hydrogen) atoms. The van der Waals surface area contributed by atoms with Crippen molar-refractivity contribution in [3.05, 3.63) is 86.5 Å². The molecule has 0 aliphatic carbocycles. The van der Waals surface area contributed by atoms with Crippen molar-refractivity contribution < 1.29 is 4.79 Å². The Hall–Kier alpha value is -2.66. The van der Waals surface area contributed by atoms with E-state index >= 15 is 0 Å². The molecule has 0 aromatic heterocycles. The van der Waals surface area contributed by atoms with Crippen LogP contribution in [-0.4, -0.2) is 10.7 Å². The molecule has 0 N–H and O–H groups in total. The highest BCUT2D eigenvalue weighted by Gasteiger charge is 2.19. The molecule has 0 heterocycles. The van der Waals surface area contributed by atoms with Gasteiger partial charge in [-0.05, 0) is 115 Å². The molecule has 2 aromatic carbocycles. The Morgan fingerprint density at radius 1 is 0.523 bits per heavy atom. The smallest absolute Gasteiger partial charge is 0.303 e. The minimum absolute atomic E-state index is 0.881. The molecule has 0 aliphatic rings. The summed E-state index contributed by atoms with van der Waals surface area (Å²) in [5.41, 5.74) is 21.9. The zero-order chi connectivity index (χ0) is 32.0. The Balaban J connectivity index is 2.87. The van der Waals surface area contributed by atoms with Crippen LogP contribution in [0.4, 0.5) is 0 Å². The Morgan fingerprint density at radius 2 is 0.932 bits per heavy atom. The summed E-state index contributed by atoms with van der Waals surface area (Å²) >= 11 is 0. The summed E-state index contributed by atoms with van der Waals surface area (Å²) in [7, 11) is 0. The number of rotatable bonds is 23. The van der Waals surface area contributed by atoms with Crippen molar-refractivity contribution >= 4 is 11.4 Å². The number of allylic oxidation sites excluding steroid dienone is 2. The van der Waals surface area contributed by atoms with Gasteiger partial charge in [0.15, 0.2) is 0 Å². The van der Waals surface area contributed by atoms with Crippen molar-refractivity contribution in [2.45, 2.75) is 170 Å². The molecule has 2 rings (SSSR count). The summed E-state index contributed by atoms with van der Waals surface area (Å²) in [6, 6.07) is 14.9. The van der Waals surface area contributed by atoms with E-state index in [0.717, 1.165) is 56.9 Å². The van der Waals surface area contributed by atoms with Crippen LogP contribution >= 0.6 is 0 Å². The van der Waals surface area contributed by atoms with Crippen LogP contribution in [0, 0.1) is 0 Å². The summed E-state index contributed by atoms with van der Waals surface area (Å²) in [5.74, 6) is 3.05. The van der Waals surface area contributed by atoms with Gasteiger partial charge in [-0.3, -0.25) is 0 Å². The van der Waals surface area contributed by atoms with Gasteiger partial charge in [-0.15, -0.1) is 4.79 Å². The van der Waals surface area contributed by atoms with Crippen molar-refractivity contribution in [2.75, 3.05) is 0 Å². The van der Waals surface area contributed by atoms with Gasteiger partial charge >= 0.3 is 5.87 Å². The van der Waals surface area contributed by atoms with Gasteiger partial charge in [-0.1, -0.05) is 136 Å². The first-order valence-corrected chi connectivity index (χ1v) is 18.5. The maximum Gasteiger partial charge on any atom is 0.303 e. The summed E-state index contributed by atoms with van der Waals surface area (Å²) in [6.45, 7) is 13.7. The van der Waals surface area contributed by atoms with Crippen LogP contribution in [0.3, 0.4) is 0 Å². The van der Waals surface area contributed by atoms with Gasteiger partial charge < -0.3 is 5.53 Å². The fourth-order valence-electron chi connectivity index (χ4n) is 6.41. The zero-order valence-electron chi connectivity index (χ0n) is 29.5. The minimum Gasteiger partial charge on any atom is -0.348 e. The van der Waals surface area contributed by atoms with Crippen molar-refractivity contribution in [3.63, 3.8) is 0 Å². The second kappa shape index (κ2) is 22.8. The first kappa shape index (κ1) is 37.5. The third-order valence-electron chi connectivity index (χ3n) is 8.94. The molecule has 0 unspecified atom stereocenters. The number of benzene rings is 2. The molecule has 2 aromatic rings. The van der Waals surface area contributed by atoms with Crippen molar-refractivity contribution in [3.8, 4) is 0 Å². The van der Waals surface area contributed by atoms with Gasteiger partial charge in [0.25, 0.3) is 0 Å². The fourth-order valence-corrected chi connectivity index (χ4v) is 6.41. The predicted molar refractivity (Wildman–Crippen MR) is 194 cm³/mol. The van der Waals surface area contributed by atoms with E-state index in [4.69, 9.17) is 0 Å². The molecule has 2 heteroatoms. The zero-order valence-corrected chi connectivity index (χ0v) is 29.5. The molecule has 0 radical (unpaired) electrons. The second-order valence-electron chi connectivity index (χ2n) is 12.9. The number of nitrogens with zero attached hydrogens (tertiary/aromatic N) is 2. The Bertz CT molecular complexity index is 1160. The number of hydrogen-bond acceptors (Lipinski definition) is 0. The molecular weight excluding hydrogens is 532 g/mol. The molecule has 0 bridgehead atoms. The molecule has 242 valence electrons. The molecule has 0 amide bonds. The van der Waals surface area contributed by atoms with E-state index in [1.807, 2.05) is 0 Å². The van der Waals surface area contributed by atoms with E-state index in [1.54, 1.807) is 0 Å². The van der Waals surface area contributed by atoms with E-state index in [1.165, 1.54) is 122 Å². The summed E-state index contributed by atoms with van der Waals surface area (Å²) in [5, 5.41) is 0. The lowest BCUT2D eigenvalue weighted by Crippen LogP contribution is -2.03. The van der Waals surface area contributed by atoms with Gasteiger partial charge in [0, 0.05) is 0 Å². The molecule has 0 atom stereocenters. The van der Waals surface area contributed by atoms with E-state index in [-0.39, 0.29) is 0 Å². The SMILES string of the molecule is CCCCCCc1cc(CCCCCC)cc(C(=C(CC)C(=C=[N+]=[N-])CCCC)c2cc(CCCC)cc(CCCC)c2)c1. The molecule has 0 saturated heterocycles. The lowest BCUT2D eigenvalue weighted by atomic mass is 9.83. The molecule has 0 spiro atoms. The van der Waals surface area contributed by atoms with E-state index in [9.17, 15) is 5.53 Å². The van der Waals surface area contributed by atoms with Gasteiger partial charge in [-0.2, -0.15) is 0 Å². The molecule has 0 saturated carbocycles. The lowest BCUT2D eigenvalue weighted by molar-refractivity contribution is 0.00740. The molecule has 0 aliphatic heterocycles. The second-order valence-corrected chi connectivity index (χ2v) is 12.9. The number of hydrogen-bond donors (Lipinski definition) is 0. The van der Waals surface area contributed by atoms with Crippen LogP contribution in [0.1, 0.15) is 178 Å². The standard InChI is InChI=1S/C42H64N2/c1-7-13-18-20-24-36-28-37(25-21-19-14-8-2)32-40(31-36)42(41(12-6)38(33-44-43)26-17-11-5)39-29-34(22-15-9-3)27-35(30-39)23-16-10-4/h27-32H,7-26H2,1-6H3. The third-order valence-corrected chi connectivity index (χ3v) is 8.94. The van der Waals surface area contributed by atoms with Gasteiger partial charge in [0.1, 0.15) is 0 Å². The maximum absolute atomic E-state index is 9.73. The average Bonchev–Trinajstić information content (AvgIpc) is 3.04. The van der Waals surface area contributed by atoms with Crippen LogP contribution < -0.4 is 0 Å². The van der Waals surface area contributed by atoms with Crippen LogP contribution in [0.5, 0.6) is 0 Å².